The lowest BCUT2D eigenvalue weighted by Gasteiger charge is -2.40. The molecule has 74 valence electrons. The second kappa shape index (κ2) is 2.63. The lowest BCUT2D eigenvalue weighted by molar-refractivity contribution is -0.0597. The number of nitrogens with zero attached hydrogens (tertiary/aromatic N) is 1. The van der Waals surface area contributed by atoms with Gasteiger partial charge in [-0.1, -0.05) is 13.8 Å². The average Bonchev–Trinajstić information content (AvgIpc) is 2.43. The molecule has 1 saturated carbocycles. The third-order valence-electron chi connectivity index (χ3n) is 3.66. The van der Waals surface area contributed by atoms with Crippen molar-refractivity contribution in [1.29, 1.82) is 0 Å². The van der Waals surface area contributed by atoms with Crippen molar-refractivity contribution in [1.82, 2.24) is 4.90 Å². The highest BCUT2D eigenvalue weighted by atomic mass is 16.6. The molecule has 0 spiro atoms. The van der Waals surface area contributed by atoms with Gasteiger partial charge in [-0.25, -0.2) is 4.79 Å². The van der Waals surface area contributed by atoms with Crippen LogP contribution in [-0.2, 0) is 4.74 Å². The molecule has 0 aromatic rings. The third-order valence-corrected chi connectivity index (χ3v) is 3.66. The molecule has 1 heterocycles. The van der Waals surface area contributed by atoms with Gasteiger partial charge in [-0.05, 0) is 18.8 Å². The van der Waals surface area contributed by atoms with Gasteiger partial charge in [-0.15, -0.1) is 0 Å². The van der Waals surface area contributed by atoms with Gasteiger partial charge in [0.2, 0.25) is 0 Å². The van der Waals surface area contributed by atoms with Crippen LogP contribution in [0.1, 0.15) is 33.1 Å². The van der Waals surface area contributed by atoms with Gasteiger partial charge in [0.25, 0.3) is 0 Å². The first-order valence-corrected chi connectivity index (χ1v) is 5.01. The maximum Gasteiger partial charge on any atom is 0.410 e. The topological polar surface area (TPSA) is 29.5 Å². The van der Waals surface area contributed by atoms with Gasteiger partial charge >= 0.3 is 6.09 Å². The minimum Gasteiger partial charge on any atom is -0.442 e. The quantitative estimate of drug-likeness (QED) is 0.622. The Hall–Kier alpha value is -0.730. The van der Waals surface area contributed by atoms with E-state index in [0.717, 1.165) is 19.3 Å². The molecular weight excluding hydrogens is 166 g/mol. The summed E-state index contributed by atoms with van der Waals surface area (Å²) in [7, 11) is 1.84. The molecular formula is C10H17NO2. The van der Waals surface area contributed by atoms with E-state index in [1.807, 2.05) is 7.05 Å². The molecule has 2 fully saturated rings. The van der Waals surface area contributed by atoms with Gasteiger partial charge in [0.05, 0.1) is 0 Å². The summed E-state index contributed by atoms with van der Waals surface area (Å²) in [6.07, 6.45) is 3.01. The Morgan fingerprint density at radius 1 is 1.62 bits per heavy atom. The fraction of sp³-hybridized carbons (Fsp3) is 0.900. The van der Waals surface area contributed by atoms with Crippen LogP contribution in [0.3, 0.4) is 0 Å². The van der Waals surface area contributed by atoms with Gasteiger partial charge in [-0.2, -0.15) is 0 Å². The van der Waals surface area contributed by atoms with Crippen molar-refractivity contribution in [3.63, 3.8) is 0 Å². The molecule has 1 amide bonds. The van der Waals surface area contributed by atoms with E-state index in [-0.39, 0.29) is 11.7 Å². The van der Waals surface area contributed by atoms with Crippen molar-refractivity contribution < 1.29 is 9.53 Å². The van der Waals surface area contributed by atoms with E-state index in [0.29, 0.717) is 12.0 Å². The van der Waals surface area contributed by atoms with E-state index < -0.39 is 0 Å². The standard InChI is InChI=1S/C10H17NO2/c1-7(2)10-5-4-8(6-10)11(3)9(12)13-10/h7-8H,4-6H2,1-3H3. The highest BCUT2D eigenvalue weighted by molar-refractivity contribution is 5.69. The molecule has 3 nitrogen and oxygen atoms in total. The van der Waals surface area contributed by atoms with Gasteiger partial charge in [0.1, 0.15) is 5.60 Å². The molecule has 0 aromatic heterocycles. The molecule has 1 saturated heterocycles. The van der Waals surface area contributed by atoms with E-state index in [9.17, 15) is 4.79 Å². The smallest absolute Gasteiger partial charge is 0.410 e. The maximum atomic E-state index is 11.5. The third kappa shape index (κ3) is 1.13. The minimum absolute atomic E-state index is 0.137. The van der Waals surface area contributed by atoms with E-state index in [2.05, 4.69) is 13.8 Å². The maximum absolute atomic E-state index is 11.5. The van der Waals surface area contributed by atoms with Crippen LogP contribution < -0.4 is 0 Å². The van der Waals surface area contributed by atoms with Crippen molar-refractivity contribution in [2.24, 2.45) is 5.92 Å². The summed E-state index contributed by atoms with van der Waals surface area (Å²) in [5.74, 6) is 0.440. The molecule has 2 bridgehead atoms. The van der Waals surface area contributed by atoms with E-state index in [1.54, 1.807) is 4.90 Å². The Morgan fingerprint density at radius 2 is 2.31 bits per heavy atom. The highest BCUT2D eigenvalue weighted by Crippen LogP contribution is 2.44. The molecule has 0 radical (unpaired) electrons. The Balaban J connectivity index is 2.24. The van der Waals surface area contributed by atoms with E-state index in [4.69, 9.17) is 4.74 Å². The number of rotatable bonds is 1. The predicted molar refractivity (Wildman–Crippen MR) is 49.5 cm³/mol. The average molecular weight is 183 g/mol. The first kappa shape index (κ1) is 8.85. The van der Waals surface area contributed by atoms with Crippen LogP contribution in [0, 0.1) is 5.92 Å². The van der Waals surface area contributed by atoms with Gasteiger partial charge in [0.15, 0.2) is 0 Å². The zero-order valence-electron chi connectivity index (χ0n) is 8.54. The van der Waals surface area contributed by atoms with Crippen LogP contribution >= 0.6 is 0 Å². The van der Waals surface area contributed by atoms with Gasteiger partial charge in [-0.3, -0.25) is 0 Å². The van der Waals surface area contributed by atoms with Crippen LogP contribution in [0.4, 0.5) is 4.79 Å². The van der Waals surface area contributed by atoms with Crippen molar-refractivity contribution in [3.05, 3.63) is 0 Å². The molecule has 13 heavy (non-hydrogen) atoms. The Kier molecular flexibility index (Phi) is 1.79. The molecule has 2 unspecified atom stereocenters. The molecule has 2 aliphatic rings. The molecule has 1 aliphatic carbocycles. The zero-order valence-corrected chi connectivity index (χ0v) is 8.54. The molecule has 0 N–H and O–H groups in total. The summed E-state index contributed by atoms with van der Waals surface area (Å²) in [5, 5.41) is 0. The summed E-state index contributed by atoms with van der Waals surface area (Å²) in [5.41, 5.74) is -0.145. The second-order valence-electron chi connectivity index (χ2n) is 4.59. The summed E-state index contributed by atoms with van der Waals surface area (Å²) >= 11 is 0. The molecule has 0 aromatic carbocycles. The van der Waals surface area contributed by atoms with Crippen LogP contribution in [0.2, 0.25) is 0 Å². The lowest BCUT2D eigenvalue weighted by Crippen LogP contribution is -2.49. The molecule has 3 heteroatoms. The lowest BCUT2D eigenvalue weighted by atomic mass is 9.87. The molecule has 2 atom stereocenters. The van der Waals surface area contributed by atoms with Crippen LogP contribution in [0.25, 0.3) is 0 Å². The Labute approximate surface area is 79.0 Å². The van der Waals surface area contributed by atoms with Crippen molar-refractivity contribution >= 4 is 6.09 Å². The second-order valence-corrected chi connectivity index (χ2v) is 4.59. The van der Waals surface area contributed by atoms with Crippen molar-refractivity contribution in [2.45, 2.75) is 44.8 Å². The van der Waals surface area contributed by atoms with Crippen molar-refractivity contribution in [3.8, 4) is 0 Å². The number of fused-ring (bicyclic) bond motifs is 2. The SMILES string of the molecule is CC(C)C12CCC(C1)N(C)C(=O)O2. The number of hydrogen-bond acceptors (Lipinski definition) is 2. The van der Waals surface area contributed by atoms with Crippen LogP contribution in [0.5, 0.6) is 0 Å². The largest absolute Gasteiger partial charge is 0.442 e. The minimum atomic E-state index is -0.145. The monoisotopic (exact) mass is 183 g/mol. The summed E-state index contributed by atoms with van der Waals surface area (Å²) in [4.78, 5) is 13.2. The Morgan fingerprint density at radius 3 is 2.92 bits per heavy atom. The number of amides is 1. The summed E-state index contributed by atoms with van der Waals surface area (Å²) in [6, 6.07) is 0.420. The fourth-order valence-corrected chi connectivity index (χ4v) is 2.47. The van der Waals surface area contributed by atoms with Crippen LogP contribution in [0.15, 0.2) is 0 Å². The van der Waals surface area contributed by atoms with E-state index in [1.165, 1.54) is 0 Å². The number of ether oxygens (including phenoxy) is 1. The number of hydrogen-bond donors (Lipinski definition) is 0. The fourth-order valence-electron chi connectivity index (χ4n) is 2.47. The highest BCUT2D eigenvalue weighted by Gasteiger charge is 2.51. The van der Waals surface area contributed by atoms with E-state index >= 15 is 0 Å². The normalized spacial score (nSPS) is 38.3. The number of carbonyl (C=O) groups excluding carboxylic acids is 1. The number of carbonyl (C=O) groups is 1. The summed E-state index contributed by atoms with van der Waals surface area (Å²) in [6.45, 7) is 4.28. The first-order chi connectivity index (χ1) is 6.05. The van der Waals surface area contributed by atoms with Gasteiger partial charge < -0.3 is 9.64 Å². The van der Waals surface area contributed by atoms with Crippen molar-refractivity contribution in [2.75, 3.05) is 7.05 Å². The Bertz CT molecular complexity index is 239. The molecule has 1 aliphatic heterocycles. The van der Waals surface area contributed by atoms with Crippen LogP contribution in [-0.4, -0.2) is 29.7 Å². The summed E-state index contributed by atoms with van der Waals surface area (Å²) < 4.78 is 5.53. The molecule has 2 rings (SSSR count). The predicted octanol–water partition coefficient (Wildman–Crippen LogP) is 2.02. The van der Waals surface area contributed by atoms with Gasteiger partial charge in [0, 0.05) is 19.5 Å². The first-order valence-electron chi connectivity index (χ1n) is 5.01. The zero-order chi connectivity index (χ0) is 9.64.